The molecule has 5 nitrogen and oxygen atoms in total. The predicted molar refractivity (Wildman–Crippen MR) is 70.6 cm³/mol. The molecule has 0 aromatic heterocycles. The molecule has 1 aromatic rings. The highest BCUT2D eigenvalue weighted by Gasteiger charge is 2.28. The van der Waals surface area contributed by atoms with Crippen LogP contribution in [0.25, 0.3) is 0 Å². The second-order valence-electron chi connectivity index (χ2n) is 4.82. The van der Waals surface area contributed by atoms with E-state index in [0.717, 1.165) is 0 Å². The number of morpholine rings is 1. The van der Waals surface area contributed by atoms with Crippen molar-refractivity contribution in [3.8, 4) is 11.5 Å². The van der Waals surface area contributed by atoms with Crippen LogP contribution < -0.4 is 4.74 Å². The summed E-state index contributed by atoms with van der Waals surface area (Å²) in [4.78, 5) is 14.1. The lowest BCUT2D eigenvalue weighted by atomic mass is 10.1. The van der Waals surface area contributed by atoms with Gasteiger partial charge in [0, 0.05) is 13.1 Å². The molecule has 1 saturated heterocycles. The highest BCUT2D eigenvalue weighted by atomic mass is 16.5. The first-order valence-corrected chi connectivity index (χ1v) is 6.33. The van der Waals surface area contributed by atoms with Gasteiger partial charge in [-0.15, -0.1) is 0 Å². The number of phenols is 1. The number of hydrogen-bond acceptors (Lipinski definition) is 4. The minimum absolute atomic E-state index is 0.000417. The van der Waals surface area contributed by atoms with Crippen molar-refractivity contribution in [3.63, 3.8) is 0 Å². The molecule has 1 aliphatic rings. The van der Waals surface area contributed by atoms with Crippen LogP contribution in [0.2, 0.25) is 0 Å². The van der Waals surface area contributed by atoms with E-state index in [1.807, 2.05) is 13.8 Å². The van der Waals surface area contributed by atoms with Crippen LogP contribution in [0.1, 0.15) is 24.2 Å². The zero-order valence-electron chi connectivity index (χ0n) is 11.4. The molecule has 1 N–H and O–H groups in total. The van der Waals surface area contributed by atoms with Gasteiger partial charge in [-0.25, -0.2) is 0 Å². The van der Waals surface area contributed by atoms with Gasteiger partial charge in [-0.05, 0) is 26.0 Å². The molecule has 1 heterocycles. The van der Waals surface area contributed by atoms with Gasteiger partial charge in [-0.2, -0.15) is 0 Å². The normalized spacial score (nSPS) is 23.2. The Kier molecular flexibility index (Phi) is 3.95. The molecule has 19 heavy (non-hydrogen) atoms. The molecule has 1 aromatic carbocycles. The van der Waals surface area contributed by atoms with Crippen LogP contribution >= 0.6 is 0 Å². The predicted octanol–water partition coefficient (Wildman–Crippen LogP) is 1.65. The fourth-order valence-corrected chi connectivity index (χ4v) is 2.37. The molecule has 0 spiro atoms. The molecular weight excluding hydrogens is 246 g/mol. The maximum absolute atomic E-state index is 12.4. The fraction of sp³-hybridized carbons (Fsp3) is 0.500. The van der Waals surface area contributed by atoms with Crippen LogP contribution in [0.5, 0.6) is 11.5 Å². The molecule has 0 aliphatic carbocycles. The average Bonchev–Trinajstić information content (AvgIpc) is 2.37. The molecule has 5 heteroatoms. The van der Waals surface area contributed by atoms with E-state index in [1.165, 1.54) is 7.11 Å². The fourth-order valence-electron chi connectivity index (χ4n) is 2.37. The van der Waals surface area contributed by atoms with E-state index in [4.69, 9.17) is 9.47 Å². The first kappa shape index (κ1) is 13.7. The molecule has 0 unspecified atom stereocenters. The number of aromatic hydroxyl groups is 1. The number of nitrogens with zero attached hydrogens (tertiary/aromatic N) is 1. The van der Waals surface area contributed by atoms with Gasteiger partial charge in [-0.1, -0.05) is 6.07 Å². The van der Waals surface area contributed by atoms with E-state index >= 15 is 0 Å². The summed E-state index contributed by atoms with van der Waals surface area (Å²) in [5.41, 5.74) is 0.264. The number of ether oxygens (including phenoxy) is 2. The molecule has 2 rings (SSSR count). The summed E-state index contributed by atoms with van der Waals surface area (Å²) in [6.07, 6.45) is 0.000835. The zero-order chi connectivity index (χ0) is 14.0. The maximum atomic E-state index is 12.4. The van der Waals surface area contributed by atoms with Crippen LogP contribution in [-0.2, 0) is 4.74 Å². The molecule has 1 amide bonds. The van der Waals surface area contributed by atoms with Gasteiger partial charge in [0.2, 0.25) is 0 Å². The summed E-state index contributed by atoms with van der Waals surface area (Å²) in [7, 11) is 1.46. The topological polar surface area (TPSA) is 59.0 Å². The van der Waals surface area contributed by atoms with Crippen molar-refractivity contribution >= 4 is 5.91 Å². The maximum Gasteiger partial charge on any atom is 0.257 e. The number of carbonyl (C=O) groups is 1. The third kappa shape index (κ3) is 2.81. The van der Waals surface area contributed by atoms with Crippen molar-refractivity contribution in [2.24, 2.45) is 0 Å². The Bertz CT molecular complexity index is 465. The third-order valence-electron chi connectivity index (χ3n) is 3.16. The molecular formula is C14H19NO4. The number of para-hydroxylation sites is 1. The number of hydrogen-bond donors (Lipinski definition) is 1. The zero-order valence-corrected chi connectivity index (χ0v) is 11.4. The number of amides is 1. The van der Waals surface area contributed by atoms with Gasteiger partial charge in [0.25, 0.3) is 5.91 Å². The first-order valence-electron chi connectivity index (χ1n) is 6.33. The van der Waals surface area contributed by atoms with E-state index in [1.54, 1.807) is 23.1 Å². The average molecular weight is 265 g/mol. The third-order valence-corrected chi connectivity index (χ3v) is 3.16. The Morgan fingerprint density at radius 3 is 2.58 bits per heavy atom. The van der Waals surface area contributed by atoms with Crippen molar-refractivity contribution < 1.29 is 19.4 Å². The number of benzene rings is 1. The molecule has 0 bridgehead atoms. The van der Waals surface area contributed by atoms with Crippen LogP contribution in [0, 0.1) is 0 Å². The van der Waals surface area contributed by atoms with Gasteiger partial charge < -0.3 is 19.5 Å². The van der Waals surface area contributed by atoms with Crippen molar-refractivity contribution in [1.82, 2.24) is 4.90 Å². The molecule has 1 fully saturated rings. The summed E-state index contributed by atoms with van der Waals surface area (Å²) in [6.45, 7) is 4.92. The van der Waals surface area contributed by atoms with Gasteiger partial charge in [0.1, 0.15) is 0 Å². The Morgan fingerprint density at radius 2 is 2.00 bits per heavy atom. The Morgan fingerprint density at radius 1 is 1.37 bits per heavy atom. The highest BCUT2D eigenvalue weighted by Crippen LogP contribution is 2.30. The quantitative estimate of drug-likeness (QED) is 0.883. The summed E-state index contributed by atoms with van der Waals surface area (Å²) >= 11 is 0. The molecule has 2 atom stereocenters. The van der Waals surface area contributed by atoms with Crippen molar-refractivity contribution in [1.29, 1.82) is 0 Å². The molecule has 0 saturated carbocycles. The molecule has 104 valence electrons. The van der Waals surface area contributed by atoms with Gasteiger partial charge in [-0.3, -0.25) is 4.79 Å². The van der Waals surface area contributed by atoms with E-state index in [0.29, 0.717) is 18.8 Å². The van der Waals surface area contributed by atoms with Crippen LogP contribution in [0.15, 0.2) is 18.2 Å². The van der Waals surface area contributed by atoms with Crippen molar-refractivity contribution in [2.45, 2.75) is 26.1 Å². The van der Waals surface area contributed by atoms with E-state index < -0.39 is 0 Å². The van der Waals surface area contributed by atoms with E-state index in [-0.39, 0.29) is 29.4 Å². The second kappa shape index (κ2) is 5.48. The number of methoxy groups -OCH3 is 1. The summed E-state index contributed by atoms with van der Waals surface area (Å²) in [5, 5.41) is 10.0. The minimum atomic E-state index is -0.196. The lowest BCUT2D eigenvalue weighted by Gasteiger charge is -2.35. The summed E-state index contributed by atoms with van der Waals surface area (Å²) < 4.78 is 10.6. The lowest BCUT2D eigenvalue weighted by molar-refractivity contribution is -0.0586. The van der Waals surface area contributed by atoms with Crippen LogP contribution in [0.4, 0.5) is 0 Å². The second-order valence-corrected chi connectivity index (χ2v) is 4.82. The molecule has 1 aliphatic heterocycles. The monoisotopic (exact) mass is 265 g/mol. The van der Waals surface area contributed by atoms with Crippen molar-refractivity contribution in [2.75, 3.05) is 20.2 Å². The number of phenolic OH excluding ortho intramolecular Hbond substituents is 1. The van der Waals surface area contributed by atoms with Crippen LogP contribution in [0.3, 0.4) is 0 Å². The Hall–Kier alpha value is -1.75. The first-order chi connectivity index (χ1) is 9.02. The van der Waals surface area contributed by atoms with Crippen molar-refractivity contribution in [3.05, 3.63) is 23.8 Å². The van der Waals surface area contributed by atoms with E-state index in [2.05, 4.69) is 0 Å². The largest absolute Gasteiger partial charge is 0.504 e. The van der Waals surface area contributed by atoms with Crippen LogP contribution in [-0.4, -0.2) is 48.3 Å². The smallest absolute Gasteiger partial charge is 0.257 e. The SMILES string of the molecule is COc1cccc(C(=O)N2C[C@@H](C)O[C@@H](C)C2)c1O. The van der Waals surface area contributed by atoms with E-state index in [9.17, 15) is 9.90 Å². The van der Waals surface area contributed by atoms with Gasteiger partial charge in [0.15, 0.2) is 11.5 Å². The highest BCUT2D eigenvalue weighted by molar-refractivity contribution is 5.97. The Labute approximate surface area is 112 Å². The molecule has 0 radical (unpaired) electrons. The van der Waals surface area contributed by atoms with Gasteiger partial charge in [0.05, 0.1) is 24.9 Å². The van der Waals surface area contributed by atoms with Gasteiger partial charge >= 0.3 is 0 Å². The summed E-state index contributed by atoms with van der Waals surface area (Å²) in [6, 6.07) is 4.92. The lowest BCUT2D eigenvalue weighted by Crippen LogP contribution is -2.48. The Balaban J connectivity index is 2.24. The number of carbonyl (C=O) groups excluding carboxylic acids is 1. The minimum Gasteiger partial charge on any atom is -0.504 e. The summed E-state index contributed by atoms with van der Waals surface area (Å²) in [5.74, 6) is 0.000374. The number of rotatable bonds is 2. The standard InChI is InChI=1S/C14H19NO4/c1-9-7-15(8-10(2)19-9)14(17)11-5-4-6-12(18-3)13(11)16/h4-6,9-10,16H,7-8H2,1-3H3/t9-,10+.